The van der Waals surface area contributed by atoms with Gasteiger partial charge >= 0.3 is 23.9 Å². The smallest absolute Gasteiger partial charge is 0.331 e. The Bertz CT molecular complexity index is 820. The molecule has 0 amide bonds. The van der Waals surface area contributed by atoms with Gasteiger partial charge in [-0.05, 0) is 44.4 Å². The number of aliphatic imine (C=N–C) groups is 1. The van der Waals surface area contributed by atoms with Crippen LogP contribution in [0.2, 0.25) is 0 Å². The fraction of sp³-hybridized carbons (Fsp3) is 0.800. The second-order valence-electron chi connectivity index (χ2n) is 9.89. The minimum atomic E-state index is -1.12. The molecule has 0 spiro atoms. The Hall–Kier alpha value is -2.45. The average molecular weight is 482 g/mol. The van der Waals surface area contributed by atoms with E-state index in [2.05, 4.69) is 20.8 Å². The lowest BCUT2D eigenvalue weighted by Crippen LogP contribution is -2.44. The number of hydrogen-bond donors (Lipinski definition) is 0. The Morgan fingerprint density at radius 3 is 2.12 bits per heavy atom. The van der Waals surface area contributed by atoms with Crippen molar-refractivity contribution in [1.82, 2.24) is 0 Å². The van der Waals surface area contributed by atoms with Crippen molar-refractivity contribution < 1.29 is 38.1 Å². The summed E-state index contributed by atoms with van der Waals surface area (Å²) in [5.41, 5.74) is 0.744. The molecule has 0 aromatic carbocycles. The van der Waals surface area contributed by atoms with E-state index in [4.69, 9.17) is 23.9 Å². The highest BCUT2D eigenvalue weighted by Crippen LogP contribution is 2.64. The third kappa shape index (κ3) is 5.96. The van der Waals surface area contributed by atoms with Crippen LogP contribution in [0.15, 0.2) is 4.99 Å². The molecular formula is C25H39NO8. The van der Waals surface area contributed by atoms with Gasteiger partial charge in [-0.1, -0.05) is 20.8 Å². The molecule has 0 aromatic rings. The van der Waals surface area contributed by atoms with Crippen LogP contribution in [0.5, 0.6) is 0 Å². The van der Waals surface area contributed by atoms with Crippen molar-refractivity contribution in [2.24, 2.45) is 27.7 Å². The summed E-state index contributed by atoms with van der Waals surface area (Å²) in [7, 11) is 0. The minimum absolute atomic E-state index is 0.0225. The summed E-state index contributed by atoms with van der Waals surface area (Å²) < 4.78 is 21.0. The molecule has 2 aliphatic rings. The van der Waals surface area contributed by atoms with E-state index in [1.54, 1.807) is 13.8 Å². The second kappa shape index (κ2) is 11.3. The van der Waals surface area contributed by atoms with E-state index < -0.39 is 41.9 Å². The molecule has 34 heavy (non-hydrogen) atoms. The number of ether oxygens (including phenoxy) is 4. The molecule has 2 rings (SSSR count). The SMILES string of the molecule is CCOC(=O)C[C@@H]([C@H](N=C1C[C@H]2CC[C@]1(C)C2(C)C)C(=O)OCC)[C@@H](COC(C)=O)OC(C)=O. The van der Waals surface area contributed by atoms with Gasteiger partial charge in [0.15, 0.2) is 6.04 Å². The quantitative estimate of drug-likeness (QED) is 0.326. The largest absolute Gasteiger partial charge is 0.466 e. The molecule has 0 radical (unpaired) electrons. The summed E-state index contributed by atoms with van der Waals surface area (Å²) in [6.07, 6.45) is 1.48. The summed E-state index contributed by atoms with van der Waals surface area (Å²) in [5.74, 6) is -2.87. The Balaban J connectivity index is 2.54. The van der Waals surface area contributed by atoms with Crippen molar-refractivity contribution in [3.05, 3.63) is 0 Å². The van der Waals surface area contributed by atoms with Gasteiger partial charge < -0.3 is 18.9 Å². The molecule has 0 heterocycles. The molecule has 0 N–H and O–H groups in total. The van der Waals surface area contributed by atoms with E-state index in [9.17, 15) is 19.2 Å². The van der Waals surface area contributed by atoms with Crippen molar-refractivity contribution in [3.63, 3.8) is 0 Å². The number of rotatable bonds is 11. The van der Waals surface area contributed by atoms with Gasteiger partial charge in [0.25, 0.3) is 0 Å². The molecule has 2 saturated carbocycles. The molecule has 0 aliphatic heterocycles. The maximum atomic E-state index is 13.2. The summed E-state index contributed by atoms with van der Waals surface area (Å²) in [6, 6.07) is -1.12. The zero-order chi connectivity index (χ0) is 25.7. The van der Waals surface area contributed by atoms with Gasteiger partial charge in [-0.25, -0.2) is 4.79 Å². The molecule has 0 aromatic heterocycles. The van der Waals surface area contributed by atoms with Crippen molar-refractivity contribution in [2.75, 3.05) is 19.8 Å². The summed E-state index contributed by atoms with van der Waals surface area (Å²) >= 11 is 0. The van der Waals surface area contributed by atoms with Crippen LogP contribution >= 0.6 is 0 Å². The highest BCUT2D eigenvalue weighted by molar-refractivity contribution is 5.96. The first-order valence-electron chi connectivity index (χ1n) is 12.1. The zero-order valence-electron chi connectivity index (χ0n) is 21.5. The Morgan fingerprint density at radius 1 is 1.00 bits per heavy atom. The molecule has 9 nitrogen and oxygen atoms in total. The second-order valence-corrected chi connectivity index (χ2v) is 9.89. The molecule has 192 valence electrons. The van der Waals surface area contributed by atoms with Crippen LogP contribution in [-0.2, 0) is 38.1 Å². The summed E-state index contributed by atoms with van der Waals surface area (Å²) in [5, 5.41) is 0. The molecule has 2 fully saturated rings. The van der Waals surface area contributed by atoms with Gasteiger partial charge in [-0.15, -0.1) is 0 Å². The van der Waals surface area contributed by atoms with Gasteiger partial charge in [-0.2, -0.15) is 0 Å². The lowest BCUT2D eigenvalue weighted by molar-refractivity contribution is -0.165. The first-order chi connectivity index (χ1) is 15.9. The highest BCUT2D eigenvalue weighted by Gasteiger charge is 2.60. The van der Waals surface area contributed by atoms with Crippen LogP contribution in [0.1, 0.15) is 74.1 Å². The third-order valence-corrected chi connectivity index (χ3v) is 7.69. The van der Waals surface area contributed by atoms with Gasteiger partial charge in [0.05, 0.1) is 19.6 Å². The number of fused-ring (bicyclic) bond motifs is 2. The molecule has 0 saturated heterocycles. The van der Waals surface area contributed by atoms with Crippen LogP contribution in [0.4, 0.5) is 0 Å². The van der Waals surface area contributed by atoms with Crippen LogP contribution in [-0.4, -0.2) is 61.6 Å². The van der Waals surface area contributed by atoms with Gasteiger partial charge in [0.2, 0.25) is 0 Å². The van der Waals surface area contributed by atoms with E-state index in [1.165, 1.54) is 13.8 Å². The number of esters is 4. The Morgan fingerprint density at radius 2 is 1.65 bits per heavy atom. The van der Waals surface area contributed by atoms with Crippen LogP contribution in [0.3, 0.4) is 0 Å². The maximum Gasteiger partial charge on any atom is 0.331 e. The van der Waals surface area contributed by atoms with Crippen LogP contribution in [0.25, 0.3) is 0 Å². The number of hydrogen-bond acceptors (Lipinski definition) is 9. The fourth-order valence-electron chi connectivity index (χ4n) is 5.36. The van der Waals surface area contributed by atoms with E-state index in [0.717, 1.165) is 25.0 Å². The van der Waals surface area contributed by atoms with Crippen LogP contribution < -0.4 is 0 Å². The van der Waals surface area contributed by atoms with E-state index in [1.807, 2.05) is 0 Å². The zero-order valence-corrected chi connectivity index (χ0v) is 21.5. The van der Waals surface area contributed by atoms with Crippen molar-refractivity contribution >= 4 is 29.6 Å². The van der Waals surface area contributed by atoms with Gasteiger partial charge in [-0.3, -0.25) is 19.4 Å². The molecule has 9 heteroatoms. The van der Waals surface area contributed by atoms with E-state index in [-0.39, 0.29) is 37.1 Å². The molecule has 2 bridgehead atoms. The van der Waals surface area contributed by atoms with E-state index >= 15 is 0 Å². The molecular weight excluding hydrogens is 442 g/mol. The molecule has 5 atom stereocenters. The Labute approximate surface area is 201 Å². The molecule has 2 aliphatic carbocycles. The summed E-state index contributed by atoms with van der Waals surface area (Å²) in [4.78, 5) is 54.0. The van der Waals surface area contributed by atoms with Crippen LogP contribution in [0, 0.1) is 22.7 Å². The number of carbonyl (C=O) groups is 4. The Kier molecular flexibility index (Phi) is 9.25. The van der Waals surface area contributed by atoms with Crippen molar-refractivity contribution in [2.45, 2.75) is 86.3 Å². The predicted molar refractivity (Wildman–Crippen MR) is 124 cm³/mol. The minimum Gasteiger partial charge on any atom is -0.466 e. The predicted octanol–water partition coefficient (Wildman–Crippen LogP) is 3.27. The molecule has 0 unspecified atom stereocenters. The van der Waals surface area contributed by atoms with Crippen molar-refractivity contribution in [3.8, 4) is 0 Å². The normalized spacial score (nSPS) is 26.4. The fourth-order valence-corrected chi connectivity index (χ4v) is 5.36. The lowest BCUT2D eigenvalue weighted by Gasteiger charge is -2.36. The lowest BCUT2D eigenvalue weighted by atomic mass is 9.70. The first-order valence-corrected chi connectivity index (χ1v) is 12.1. The average Bonchev–Trinajstić information content (AvgIpc) is 3.07. The van der Waals surface area contributed by atoms with Gasteiger partial charge in [0.1, 0.15) is 12.7 Å². The van der Waals surface area contributed by atoms with Crippen molar-refractivity contribution in [1.29, 1.82) is 0 Å². The standard InChI is InChI=1S/C25H39NO8/c1-8-31-21(29)13-18(19(34-16(4)28)14-33-15(3)27)22(23(30)32-9-2)26-20-12-17-10-11-25(20,7)24(17,5)6/h17-19,22H,8-14H2,1-7H3/t17-,18-,19-,22+,25+/m1/s1. The monoisotopic (exact) mass is 481 g/mol. The highest BCUT2D eigenvalue weighted by atomic mass is 16.6. The number of carbonyl (C=O) groups excluding carboxylic acids is 4. The topological polar surface area (TPSA) is 118 Å². The number of nitrogens with zero attached hydrogens (tertiary/aromatic N) is 1. The van der Waals surface area contributed by atoms with E-state index in [0.29, 0.717) is 5.92 Å². The maximum absolute atomic E-state index is 13.2. The van der Waals surface area contributed by atoms with Gasteiger partial charge in [0, 0.05) is 30.9 Å². The first kappa shape index (κ1) is 27.8. The third-order valence-electron chi connectivity index (χ3n) is 7.69. The summed E-state index contributed by atoms with van der Waals surface area (Å²) in [6.45, 7) is 12.4.